The molecule has 1 fully saturated rings. The Balaban J connectivity index is 0.000000605. The number of amides is 1. The summed E-state index contributed by atoms with van der Waals surface area (Å²) in [5, 5.41) is 22.8. The Morgan fingerprint density at radius 2 is 1.88 bits per heavy atom. The third-order valence-corrected chi connectivity index (χ3v) is 6.18. The Morgan fingerprint density at radius 1 is 1.25 bits per heavy atom. The van der Waals surface area contributed by atoms with Crippen molar-refractivity contribution in [2.45, 2.75) is 50.6 Å². The fourth-order valence-corrected chi connectivity index (χ4v) is 4.09. The number of carbonyl (C=O) groups is 2. The van der Waals surface area contributed by atoms with E-state index in [2.05, 4.69) is 14.9 Å². The minimum absolute atomic E-state index is 0. The van der Waals surface area contributed by atoms with Gasteiger partial charge in [0.15, 0.2) is 5.11 Å². The summed E-state index contributed by atoms with van der Waals surface area (Å²) < 4.78 is 4.64. The zero-order valence-electron chi connectivity index (χ0n) is 22.2. The lowest BCUT2D eigenvalue weighted by atomic mass is 10.1. The normalized spacial score (nSPS) is 13.0. The second kappa shape index (κ2) is 16.2. The van der Waals surface area contributed by atoms with Crippen molar-refractivity contribution < 1.29 is 14.3 Å². The highest BCUT2D eigenvalue weighted by Crippen LogP contribution is 2.32. The molecule has 0 saturated carbocycles. The highest BCUT2D eigenvalue weighted by molar-refractivity contribution is 8.03. The van der Waals surface area contributed by atoms with Crippen molar-refractivity contribution >= 4 is 88.0 Å². The van der Waals surface area contributed by atoms with Crippen molar-refractivity contribution in [3.63, 3.8) is 0 Å². The molecule has 0 aromatic heterocycles. The molecule has 3 rings (SSSR count). The van der Waals surface area contributed by atoms with Gasteiger partial charge < -0.3 is 15.8 Å². The van der Waals surface area contributed by atoms with Crippen LogP contribution < -0.4 is 16.0 Å². The quantitative estimate of drug-likeness (QED) is 0.128. The van der Waals surface area contributed by atoms with Crippen LogP contribution in [0.1, 0.15) is 40.2 Å². The second-order valence-corrected chi connectivity index (χ2v) is 10.9. The molecule has 0 bridgehead atoms. The summed E-state index contributed by atoms with van der Waals surface area (Å²) in [6.45, 7) is 15.8. The van der Waals surface area contributed by atoms with Gasteiger partial charge in [-0.2, -0.15) is 10.5 Å². The third kappa shape index (κ3) is 10.5. The summed E-state index contributed by atoms with van der Waals surface area (Å²) in [4.78, 5) is 28.3. The number of rotatable bonds is 4. The first-order valence-corrected chi connectivity index (χ1v) is 13.2. The molecule has 0 radical (unpaired) electrons. The first kappa shape index (κ1) is 36.9. The molecule has 1 heterocycles. The van der Waals surface area contributed by atoms with Crippen LogP contribution in [0.2, 0.25) is 10.0 Å². The topological polar surface area (TPSA) is 137 Å². The molecule has 9 nitrogen and oxygen atoms in total. The molecule has 1 aliphatic rings. The fraction of sp³-hybridized carbons (Fsp3) is 0.308. The zero-order chi connectivity index (χ0) is 30.0. The number of nitriles is 2. The number of halogens is 3. The van der Waals surface area contributed by atoms with Gasteiger partial charge in [0.1, 0.15) is 22.5 Å². The molecular weight excluding hydrogens is 615 g/mol. The van der Waals surface area contributed by atoms with Gasteiger partial charge in [-0.15, -0.1) is 12.4 Å². The second-order valence-electron chi connectivity index (χ2n) is 8.83. The van der Waals surface area contributed by atoms with Crippen molar-refractivity contribution in [3.8, 4) is 11.5 Å². The number of ether oxygens (including phenoxy) is 1. The van der Waals surface area contributed by atoms with E-state index >= 15 is 0 Å². The minimum Gasteiger partial charge on any atom is -0.465 e. The Kier molecular flexibility index (Phi) is 15.0. The molecule has 14 heteroatoms. The average Bonchev–Trinajstić information content (AvgIpc) is 3.05. The van der Waals surface area contributed by atoms with Crippen LogP contribution in [0.5, 0.6) is 0 Å². The number of esters is 1. The predicted molar refractivity (Wildman–Crippen MR) is 165 cm³/mol. The zero-order valence-corrected chi connectivity index (χ0v) is 26.2. The molecule has 1 aliphatic heterocycles. The summed E-state index contributed by atoms with van der Waals surface area (Å²) in [5.41, 5.74) is 5.17. The van der Waals surface area contributed by atoms with Gasteiger partial charge in [-0.05, 0) is 88.9 Å². The predicted octanol–water partition coefficient (Wildman–Crippen LogP) is 6.38. The number of anilines is 1. The van der Waals surface area contributed by atoms with Crippen LogP contribution in [0.25, 0.3) is 4.85 Å². The molecule has 0 aliphatic carbocycles. The number of hydrogen-bond acceptors (Lipinski definition) is 8. The minimum atomic E-state index is -0.851. The molecule has 2 aromatic carbocycles. The van der Waals surface area contributed by atoms with Gasteiger partial charge in [-0.25, -0.2) is 4.85 Å². The van der Waals surface area contributed by atoms with Gasteiger partial charge in [0.05, 0.1) is 29.5 Å². The lowest BCUT2D eigenvalue weighted by Crippen LogP contribution is -2.42. The Hall–Kier alpha value is -3.08. The van der Waals surface area contributed by atoms with Crippen molar-refractivity contribution in [1.82, 2.24) is 5.32 Å². The summed E-state index contributed by atoms with van der Waals surface area (Å²) in [7, 11) is 0. The van der Waals surface area contributed by atoms with Crippen LogP contribution in [0, 0.1) is 28.6 Å². The van der Waals surface area contributed by atoms with Gasteiger partial charge in [0, 0.05) is 9.92 Å². The fourth-order valence-electron chi connectivity index (χ4n) is 2.73. The van der Waals surface area contributed by atoms with E-state index in [9.17, 15) is 9.59 Å². The van der Waals surface area contributed by atoms with E-state index in [1.165, 1.54) is 4.90 Å². The highest BCUT2D eigenvalue weighted by Gasteiger charge is 2.42. The van der Waals surface area contributed by atoms with Crippen LogP contribution in [-0.4, -0.2) is 34.7 Å². The van der Waals surface area contributed by atoms with Crippen LogP contribution in [0.3, 0.4) is 0 Å². The molecule has 2 aromatic rings. The third-order valence-electron chi connectivity index (χ3n) is 4.70. The van der Waals surface area contributed by atoms with E-state index in [1.54, 1.807) is 71.0 Å². The van der Waals surface area contributed by atoms with Crippen molar-refractivity contribution in [1.29, 1.82) is 10.5 Å². The monoisotopic (exact) mass is 640 g/mol. The number of thioether (sulfide) groups is 1. The standard InChI is InChI=1S/C12H10ClN3OS.C8H3ClN2S.C6H13NO2.ClH/c1-12(2)10(17)16(11(18)15-12)7-4-5-9(14-3)8(13)6-7;9-8-3-7(12-5-11)2-1-6(8)4-10;1-4-9-5(8)6(2,3)7;/h4-6H,1-2H3,(H,15,18);1-3H;4,7H2,1-3H3;1H. The van der Waals surface area contributed by atoms with Gasteiger partial charge in [-0.3, -0.25) is 14.5 Å². The number of hydrogen-bond donors (Lipinski definition) is 2. The van der Waals surface area contributed by atoms with E-state index in [1.807, 2.05) is 11.5 Å². The van der Waals surface area contributed by atoms with Gasteiger partial charge in [-0.1, -0.05) is 29.3 Å². The molecule has 0 spiro atoms. The van der Waals surface area contributed by atoms with Crippen LogP contribution in [0.15, 0.2) is 41.3 Å². The number of nitrogens with one attached hydrogen (secondary N) is 1. The molecule has 3 N–H and O–H groups in total. The summed E-state index contributed by atoms with van der Waals surface area (Å²) in [5.74, 6) is -0.496. The number of thiocyanates is 1. The van der Waals surface area contributed by atoms with Gasteiger partial charge >= 0.3 is 5.97 Å². The summed E-state index contributed by atoms with van der Waals surface area (Å²) in [6, 6.07) is 11.6. The van der Waals surface area contributed by atoms with Gasteiger partial charge in [0.2, 0.25) is 5.69 Å². The molecule has 0 unspecified atom stereocenters. The molecule has 40 heavy (non-hydrogen) atoms. The summed E-state index contributed by atoms with van der Waals surface area (Å²) >= 11 is 17.8. The highest BCUT2D eigenvalue weighted by atomic mass is 35.5. The van der Waals surface area contributed by atoms with E-state index < -0.39 is 11.1 Å². The van der Waals surface area contributed by atoms with E-state index in [0.29, 0.717) is 38.7 Å². The molecular formula is C26H27Cl3N6O3S2. The maximum atomic E-state index is 12.2. The lowest BCUT2D eigenvalue weighted by Gasteiger charge is -2.17. The molecule has 1 saturated heterocycles. The van der Waals surface area contributed by atoms with E-state index in [4.69, 9.17) is 58.2 Å². The van der Waals surface area contributed by atoms with Crippen molar-refractivity contribution in [2.24, 2.45) is 5.73 Å². The number of nitrogens with zero attached hydrogens (tertiary/aromatic N) is 4. The van der Waals surface area contributed by atoms with Crippen LogP contribution in [0.4, 0.5) is 11.4 Å². The smallest absolute Gasteiger partial charge is 0.325 e. The number of carbonyl (C=O) groups excluding carboxylic acids is 2. The van der Waals surface area contributed by atoms with Gasteiger partial charge in [0.25, 0.3) is 5.91 Å². The van der Waals surface area contributed by atoms with E-state index in [0.717, 1.165) is 16.7 Å². The molecule has 1 amide bonds. The Morgan fingerprint density at radius 3 is 2.25 bits per heavy atom. The lowest BCUT2D eigenvalue weighted by molar-refractivity contribution is -0.148. The SMILES string of the molecule is CCOC(=O)C(C)(C)N.Cl.N#CSc1ccc(C#N)c(Cl)c1.[C-]#[N+]c1ccc(N2C(=O)C(C)(C)NC2=S)cc1Cl. The maximum absolute atomic E-state index is 12.2. The number of thiocarbonyl (C=S) groups is 1. The Labute approximate surface area is 259 Å². The van der Waals surface area contributed by atoms with E-state index in [-0.39, 0.29) is 24.3 Å². The van der Waals surface area contributed by atoms with Crippen molar-refractivity contribution in [2.75, 3.05) is 11.5 Å². The first-order valence-electron chi connectivity index (χ1n) is 11.2. The average molecular weight is 642 g/mol. The number of nitrogens with two attached hydrogens (primary N) is 1. The number of benzene rings is 2. The first-order chi connectivity index (χ1) is 18.1. The summed E-state index contributed by atoms with van der Waals surface area (Å²) in [6.07, 6.45) is 0. The van der Waals surface area contributed by atoms with Crippen LogP contribution >= 0.6 is 59.6 Å². The largest absolute Gasteiger partial charge is 0.465 e. The molecule has 0 atom stereocenters. The van der Waals surface area contributed by atoms with Crippen LogP contribution in [-0.2, 0) is 14.3 Å². The Bertz CT molecular complexity index is 1380. The molecule has 212 valence electrons. The van der Waals surface area contributed by atoms with Crippen molar-refractivity contribution in [3.05, 3.63) is 63.4 Å². The maximum Gasteiger partial charge on any atom is 0.325 e.